The maximum atomic E-state index is 12.8. The first kappa shape index (κ1) is 21.0. The summed E-state index contributed by atoms with van der Waals surface area (Å²) in [6.07, 6.45) is 2.76. The van der Waals surface area contributed by atoms with E-state index in [4.69, 9.17) is 0 Å². The fourth-order valence-corrected chi connectivity index (χ4v) is 4.83. The lowest BCUT2D eigenvalue weighted by Crippen LogP contribution is -2.28. The van der Waals surface area contributed by atoms with Gasteiger partial charge in [0.25, 0.3) is 11.5 Å². The van der Waals surface area contributed by atoms with Crippen LogP contribution in [0.15, 0.2) is 46.6 Å². The van der Waals surface area contributed by atoms with Gasteiger partial charge in [0.15, 0.2) is 0 Å². The van der Waals surface area contributed by atoms with E-state index in [1.807, 2.05) is 38.3 Å². The summed E-state index contributed by atoms with van der Waals surface area (Å²) in [6.45, 7) is 15.7. The molecule has 2 aromatic heterocycles. The lowest BCUT2D eigenvalue weighted by Gasteiger charge is -2.21. The Morgan fingerprint density at radius 1 is 1.34 bits per heavy atom. The van der Waals surface area contributed by atoms with Gasteiger partial charge in [-0.1, -0.05) is 19.2 Å². The Hall–Kier alpha value is -2.70. The molecule has 1 aliphatic heterocycles. The summed E-state index contributed by atoms with van der Waals surface area (Å²) >= 11 is 1.54. The number of amides is 1. The van der Waals surface area contributed by atoms with E-state index in [-0.39, 0.29) is 18.0 Å². The monoisotopic (exact) mass is 409 g/mol. The Morgan fingerprint density at radius 3 is 2.76 bits per heavy atom. The average molecular weight is 410 g/mol. The minimum absolute atomic E-state index is 0.159. The van der Waals surface area contributed by atoms with Crippen LogP contribution in [0.5, 0.6) is 0 Å². The number of hydrogen-bond donors (Lipinski definition) is 3. The van der Waals surface area contributed by atoms with Crippen molar-refractivity contribution >= 4 is 22.8 Å². The van der Waals surface area contributed by atoms with Crippen molar-refractivity contribution in [3.05, 3.63) is 85.0 Å². The van der Waals surface area contributed by atoms with Crippen LogP contribution >= 0.6 is 11.3 Å². The average Bonchev–Trinajstić information content (AvgIpc) is 3.04. The number of aromatic amines is 1. The van der Waals surface area contributed by atoms with Crippen molar-refractivity contribution in [2.45, 2.75) is 33.7 Å². The lowest BCUT2D eigenvalue weighted by molar-refractivity contribution is 0.0950. The molecule has 0 atom stereocenters. The third-order valence-corrected chi connectivity index (χ3v) is 6.41. The zero-order valence-electron chi connectivity index (χ0n) is 17.2. The van der Waals surface area contributed by atoms with E-state index >= 15 is 0 Å². The minimum atomic E-state index is -0.179. The van der Waals surface area contributed by atoms with Crippen molar-refractivity contribution in [2.24, 2.45) is 0 Å². The molecule has 1 amide bonds. The predicted molar refractivity (Wildman–Crippen MR) is 121 cm³/mol. The molecule has 1 saturated heterocycles. The maximum absolute atomic E-state index is 12.8. The number of aryl methyl sites for hydroxylation is 2. The van der Waals surface area contributed by atoms with Crippen molar-refractivity contribution in [3.63, 3.8) is 0 Å². The first-order valence-corrected chi connectivity index (χ1v) is 10.5. The van der Waals surface area contributed by atoms with Crippen LogP contribution in [0.4, 0.5) is 0 Å². The number of thiophene rings is 1. The molecule has 0 spiro atoms. The summed E-state index contributed by atoms with van der Waals surface area (Å²) in [4.78, 5) is 28.8. The Kier molecular flexibility index (Phi) is 6.35. The standard InChI is InChI=1S/C23H27N3O2S/c1-6-17(18-7-8-24-10-14(18)3)21-16(5)20(12-29-21)22(27)25-11-19-13(2)9-15(4)26-23(19)28/h6,9,12,24H,1,3,7-8,10-11H2,2,4-5H3,(H,25,27)(H,26,28)/b18-17+. The number of aromatic nitrogens is 1. The molecule has 3 rings (SSSR count). The zero-order chi connectivity index (χ0) is 21.1. The number of H-pyrrole nitrogens is 1. The fourth-order valence-electron chi connectivity index (χ4n) is 3.69. The minimum Gasteiger partial charge on any atom is -0.348 e. The molecule has 1 fully saturated rings. The first-order chi connectivity index (χ1) is 13.8. The molecule has 0 aliphatic carbocycles. The number of allylic oxidation sites excluding steroid dienone is 2. The number of carbonyl (C=O) groups excluding carboxylic acids is 1. The third-order valence-electron chi connectivity index (χ3n) is 5.29. The first-order valence-electron chi connectivity index (χ1n) is 9.64. The molecule has 0 radical (unpaired) electrons. The normalized spacial score (nSPS) is 15.9. The molecule has 3 heterocycles. The van der Waals surface area contributed by atoms with Crippen LogP contribution in [0, 0.1) is 20.8 Å². The smallest absolute Gasteiger partial charge is 0.253 e. The van der Waals surface area contributed by atoms with Gasteiger partial charge >= 0.3 is 0 Å². The van der Waals surface area contributed by atoms with Crippen molar-refractivity contribution in [2.75, 3.05) is 13.1 Å². The molecule has 1 aliphatic rings. The molecule has 3 N–H and O–H groups in total. The second-order valence-corrected chi connectivity index (χ2v) is 8.24. The maximum Gasteiger partial charge on any atom is 0.253 e. The van der Waals surface area contributed by atoms with Crippen LogP contribution in [0.1, 0.15) is 44.0 Å². The van der Waals surface area contributed by atoms with E-state index in [0.717, 1.165) is 52.4 Å². The van der Waals surface area contributed by atoms with Gasteiger partial charge in [-0.3, -0.25) is 9.59 Å². The molecular formula is C23H27N3O2S. The van der Waals surface area contributed by atoms with E-state index in [9.17, 15) is 9.59 Å². The topological polar surface area (TPSA) is 74.0 Å². The van der Waals surface area contributed by atoms with Crippen LogP contribution in [0.2, 0.25) is 0 Å². The van der Waals surface area contributed by atoms with Crippen LogP contribution < -0.4 is 16.2 Å². The van der Waals surface area contributed by atoms with E-state index in [0.29, 0.717) is 11.1 Å². The molecule has 152 valence electrons. The van der Waals surface area contributed by atoms with Gasteiger partial charge in [-0.05, 0) is 67.6 Å². The highest BCUT2D eigenvalue weighted by Gasteiger charge is 2.20. The van der Waals surface area contributed by atoms with Crippen LogP contribution in [-0.2, 0) is 6.54 Å². The number of hydrogen-bond acceptors (Lipinski definition) is 4. The van der Waals surface area contributed by atoms with E-state index < -0.39 is 0 Å². The van der Waals surface area contributed by atoms with Crippen LogP contribution in [0.25, 0.3) is 5.57 Å². The molecule has 29 heavy (non-hydrogen) atoms. The molecule has 0 unspecified atom stereocenters. The van der Waals surface area contributed by atoms with E-state index in [1.165, 1.54) is 5.57 Å². The highest BCUT2D eigenvalue weighted by atomic mass is 32.1. The Morgan fingerprint density at radius 2 is 2.10 bits per heavy atom. The van der Waals surface area contributed by atoms with Gasteiger partial charge in [-0.25, -0.2) is 0 Å². The van der Waals surface area contributed by atoms with E-state index in [1.54, 1.807) is 11.3 Å². The van der Waals surface area contributed by atoms with Crippen molar-refractivity contribution < 1.29 is 4.79 Å². The summed E-state index contributed by atoms with van der Waals surface area (Å²) in [5.41, 5.74) is 7.00. The molecule has 0 saturated carbocycles. The highest BCUT2D eigenvalue weighted by Crippen LogP contribution is 2.35. The number of rotatable bonds is 5. The van der Waals surface area contributed by atoms with Gasteiger partial charge in [-0.15, -0.1) is 11.3 Å². The van der Waals surface area contributed by atoms with E-state index in [2.05, 4.69) is 28.8 Å². The summed E-state index contributed by atoms with van der Waals surface area (Å²) in [6, 6.07) is 1.91. The van der Waals surface area contributed by atoms with Crippen molar-refractivity contribution in [1.29, 1.82) is 0 Å². The number of pyridine rings is 1. The Labute approximate surface area is 175 Å². The fraction of sp³-hybridized carbons (Fsp3) is 0.304. The molecule has 5 nitrogen and oxygen atoms in total. The Bertz CT molecular complexity index is 1070. The molecular weight excluding hydrogens is 382 g/mol. The van der Waals surface area contributed by atoms with Crippen molar-refractivity contribution in [3.8, 4) is 0 Å². The second-order valence-electron chi connectivity index (χ2n) is 7.36. The zero-order valence-corrected chi connectivity index (χ0v) is 18.0. The second kappa shape index (κ2) is 8.76. The van der Waals surface area contributed by atoms with Gasteiger partial charge in [0.1, 0.15) is 0 Å². The van der Waals surface area contributed by atoms with Gasteiger partial charge in [0, 0.05) is 34.6 Å². The number of piperidine rings is 1. The lowest BCUT2D eigenvalue weighted by atomic mass is 9.92. The number of nitrogens with one attached hydrogen (secondary N) is 3. The van der Waals surface area contributed by atoms with Gasteiger partial charge in [0.2, 0.25) is 0 Å². The van der Waals surface area contributed by atoms with Crippen LogP contribution in [0.3, 0.4) is 0 Å². The largest absolute Gasteiger partial charge is 0.348 e. The summed E-state index contributed by atoms with van der Waals surface area (Å²) in [7, 11) is 0. The SMILES string of the molecule is C=C/C(=C1/CCNCC1=C)c1scc(C(=O)NCc2c(C)cc(C)[nH]c2=O)c1C. The number of carbonyl (C=O) groups is 1. The van der Waals surface area contributed by atoms with Gasteiger partial charge in [-0.2, -0.15) is 0 Å². The third kappa shape index (κ3) is 4.33. The Balaban J connectivity index is 1.84. The summed E-state index contributed by atoms with van der Waals surface area (Å²) < 4.78 is 0. The molecule has 2 aromatic rings. The van der Waals surface area contributed by atoms with Gasteiger partial charge < -0.3 is 15.6 Å². The molecule has 6 heteroatoms. The highest BCUT2D eigenvalue weighted by molar-refractivity contribution is 7.11. The molecule has 0 bridgehead atoms. The van der Waals surface area contributed by atoms with Crippen LogP contribution in [-0.4, -0.2) is 24.0 Å². The summed E-state index contributed by atoms with van der Waals surface area (Å²) in [5, 5.41) is 8.09. The summed E-state index contributed by atoms with van der Waals surface area (Å²) in [5.74, 6) is -0.179. The quantitative estimate of drug-likeness (QED) is 0.704. The van der Waals surface area contributed by atoms with Gasteiger partial charge in [0.05, 0.1) is 5.56 Å². The molecule has 0 aromatic carbocycles. The van der Waals surface area contributed by atoms with Crippen molar-refractivity contribution in [1.82, 2.24) is 15.6 Å². The predicted octanol–water partition coefficient (Wildman–Crippen LogP) is 3.78.